The van der Waals surface area contributed by atoms with Crippen LogP contribution in [0.5, 0.6) is 0 Å². The lowest BCUT2D eigenvalue weighted by Crippen LogP contribution is -2.26. The second kappa shape index (κ2) is 6.53. The number of aromatic amines is 1. The summed E-state index contributed by atoms with van der Waals surface area (Å²) in [7, 11) is -3.61. The Kier molecular flexibility index (Phi) is 4.20. The zero-order valence-corrected chi connectivity index (χ0v) is 14.6. The summed E-state index contributed by atoms with van der Waals surface area (Å²) in [6.07, 6.45) is 7.78. The number of nitrogens with zero attached hydrogens (tertiary/aromatic N) is 1. The Labute approximate surface area is 151 Å². The van der Waals surface area contributed by atoms with Crippen molar-refractivity contribution in [2.45, 2.75) is 4.90 Å². The van der Waals surface area contributed by atoms with Crippen LogP contribution in [0.2, 0.25) is 0 Å². The Bertz CT molecular complexity index is 1130. The van der Waals surface area contributed by atoms with Crippen molar-refractivity contribution in [1.82, 2.24) is 14.7 Å². The smallest absolute Gasteiger partial charge is 0.240 e. The second-order valence-corrected chi connectivity index (χ2v) is 7.70. The largest absolute Gasteiger partial charge is 0.395 e. The molecule has 0 atom stereocenters. The third-order valence-electron chi connectivity index (χ3n) is 4.27. The SMILES string of the molecule is O=S(=O)(NCCO)c1ccc(-c2ccnc3[nH]c(C4=CC=C4)cc23)cc1. The van der Waals surface area contributed by atoms with Gasteiger partial charge in [0, 0.05) is 23.8 Å². The number of aliphatic hydroxyl groups is 1. The average molecular weight is 367 g/mol. The zero-order valence-electron chi connectivity index (χ0n) is 13.8. The molecule has 3 aromatic rings. The van der Waals surface area contributed by atoms with Crippen LogP contribution in [0.15, 0.2) is 65.7 Å². The number of benzene rings is 1. The lowest BCUT2D eigenvalue weighted by atomic mass is 10.0. The summed E-state index contributed by atoms with van der Waals surface area (Å²) in [5.41, 5.74) is 4.82. The van der Waals surface area contributed by atoms with Gasteiger partial charge in [0.25, 0.3) is 0 Å². The number of aromatic nitrogens is 2. The Balaban J connectivity index is 1.70. The summed E-state index contributed by atoms with van der Waals surface area (Å²) in [5.74, 6) is 0. The van der Waals surface area contributed by atoms with E-state index in [4.69, 9.17) is 5.11 Å². The molecule has 0 amide bonds. The number of aliphatic hydroxyl groups excluding tert-OH is 1. The van der Waals surface area contributed by atoms with Gasteiger partial charge in [-0.05, 0) is 41.0 Å². The van der Waals surface area contributed by atoms with Crippen molar-refractivity contribution in [2.24, 2.45) is 0 Å². The van der Waals surface area contributed by atoms with Crippen molar-refractivity contribution in [1.29, 1.82) is 0 Å². The fraction of sp³-hybridized carbons (Fsp3) is 0.105. The molecule has 0 fully saturated rings. The predicted molar refractivity (Wildman–Crippen MR) is 101 cm³/mol. The molecule has 6 nitrogen and oxygen atoms in total. The number of sulfonamides is 1. The first-order chi connectivity index (χ1) is 12.6. The third kappa shape index (κ3) is 2.96. The van der Waals surface area contributed by atoms with Crippen LogP contribution in [0.25, 0.3) is 27.7 Å². The Morgan fingerprint density at radius 3 is 2.58 bits per heavy atom. The second-order valence-electron chi connectivity index (χ2n) is 5.93. The van der Waals surface area contributed by atoms with E-state index in [0.717, 1.165) is 33.4 Å². The summed E-state index contributed by atoms with van der Waals surface area (Å²) >= 11 is 0. The molecule has 2 heterocycles. The molecule has 26 heavy (non-hydrogen) atoms. The minimum atomic E-state index is -3.61. The average Bonchev–Trinajstić information content (AvgIpc) is 3.02. The maximum atomic E-state index is 12.1. The van der Waals surface area contributed by atoms with Crippen LogP contribution in [-0.2, 0) is 10.0 Å². The van der Waals surface area contributed by atoms with Crippen molar-refractivity contribution in [3.8, 4) is 11.1 Å². The van der Waals surface area contributed by atoms with Gasteiger partial charge in [-0.25, -0.2) is 18.1 Å². The van der Waals surface area contributed by atoms with E-state index >= 15 is 0 Å². The number of hydrogen-bond acceptors (Lipinski definition) is 4. The molecule has 1 aliphatic rings. The minimum absolute atomic E-state index is 0.00845. The first kappa shape index (κ1) is 16.7. The monoisotopic (exact) mass is 367 g/mol. The van der Waals surface area contributed by atoms with Gasteiger partial charge in [-0.2, -0.15) is 0 Å². The molecule has 0 saturated heterocycles. The van der Waals surface area contributed by atoms with E-state index in [9.17, 15) is 8.42 Å². The van der Waals surface area contributed by atoms with E-state index in [1.54, 1.807) is 30.5 Å². The summed E-state index contributed by atoms with van der Waals surface area (Å²) in [6, 6.07) is 10.6. The van der Waals surface area contributed by atoms with Gasteiger partial charge in [0.2, 0.25) is 10.0 Å². The van der Waals surface area contributed by atoms with Gasteiger partial charge in [-0.1, -0.05) is 30.4 Å². The van der Waals surface area contributed by atoms with Crippen LogP contribution < -0.4 is 4.72 Å². The van der Waals surface area contributed by atoms with Gasteiger partial charge >= 0.3 is 0 Å². The highest BCUT2D eigenvalue weighted by atomic mass is 32.2. The van der Waals surface area contributed by atoms with E-state index in [-0.39, 0.29) is 18.0 Å². The highest BCUT2D eigenvalue weighted by Crippen LogP contribution is 2.31. The van der Waals surface area contributed by atoms with Crippen LogP contribution in [0.4, 0.5) is 0 Å². The van der Waals surface area contributed by atoms with Crippen LogP contribution in [0.3, 0.4) is 0 Å². The molecule has 3 N–H and O–H groups in total. The van der Waals surface area contributed by atoms with Crippen LogP contribution >= 0.6 is 0 Å². The van der Waals surface area contributed by atoms with Crippen LogP contribution in [0, 0.1) is 0 Å². The molecule has 4 rings (SSSR count). The molecule has 0 aliphatic heterocycles. The Morgan fingerprint density at radius 1 is 1.15 bits per heavy atom. The van der Waals surface area contributed by atoms with Gasteiger partial charge in [0.15, 0.2) is 0 Å². The third-order valence-corrected chi connectivity index (χ3v) is 5.75. The van der Waals surface area contributed by atoms with Gasteiger partial charge < -0.3 is 10.1 Å². The summed E-state index contributed by atoms with van der Waals surface area (Å²) in [4.78, 5) is 7.86. The molecule has 2 aromatic heterocycles. The maximum Gasteiger partial charge on any atom is 0.240 e. The van der Waals surface area contributed by atoms with Crippen molar-refractivity contribution < 1.29 is 13.5 Å². The molecule has 0 unspecified atom stereocenters. The zero-order chi connectivity index (χ0) is 18.1. The van der Waals surface area contributed by atoms with E-state index < -0.39 is 10.0 Å². The Hall–Kier alpha value is -2.74. The maximum absolute atomic E-state index is 12.1. The molecular formula is C19H17N3O3S. The number of hydrogen-bond donors (Lipinski definition) is 3. The number of allylic oxidation sites excluding steroid dienone is 4. The molecule has 1 aliphatic carbocycles. The van der Waals surface area contributed by atoms with Gasteiger partial charge in [-0.3, -0.25) is 0 Å². The number of nitrogens with one attached hydrogen (secondary N) is 2. The molecule has 0 bridgehead atoms. The molecule has 0 radical (unpaired) electrons. The van der Waals surface area contributed by atoms with E-state index in [1.165, 1.54) is 0 Å². The van der Waals surface area contributed by atoms with Gasteiger partial charge in [0.05, 0.1) is 11.5 Å². The van der Waals surface area contributed by atoms with Crippen LogP contribution in [-0.4, -0.2) is 36.6 Å². The fourth-order valence-electron chi connectivity index (χ4n) is 2.88. The highest BCUT2D eigenvalue weighted by molar-refractivity contribution is 7.89. The lowest BCUT2D eigenvalue weighted by Gasteiger charge is -2.07. The quantitative estimate of drug-likeness (QED) is 0.624. The van der Waals surface area contributed by atoms with E-state index in [0.29, 0.717) is 0 Å². The summed E-state index contributed by atoms with van der Waals surface area (Å²) in [6.45, 7) is -0.251. The molecular weight excluding hydrogens is 350 g/mol. The van der Waals surface area contributed by atoms with Gasteiger partial charge in [-0.15, -0.1) is 0 Å². The number of H-pyrrole nitrogens is 1. The number of fused-ring (bicyclic) bond motifs is 1. The molecule has 0 spiro atoms. The van der Waals surface area contributed by atoms with E-state index in [1.807, 2.05) is 24.3 Å². The highest BCUT2D eigenvalue weighted by Gasteiger charge is 2.15. The summed E-state index contributed by atoms with van der Waals surface area (Å²) in [5, 5.41) is 9.77. The first-order valence-electron chi connectivity index (χ1n) is 8.16. The molecule has 0 saturated carbocycles. The predicted octanol–water partition coefficient (Wildman–Crippen LogP) is 2.45. The number of pyridine rings is 1. The van der Waals surface area contributed by atoms with Crippen LogP contribution in [0.1, 0.15) is 5.69 Å². The lowest BCUT2D eigenvalue weighted by molar-refractivity contribution is 0.301. The standard InChI is InChI=1S/C19H17N3O3S/c23-11-10-21-26(24,25)15-6-4-13(5-7-15)16-8-9-20-19-17(16)12-18(22-19)14-2-1-3-14/h1-9,12,21,23H,10-11H2,(H,20,22). The minimum Gasteiger partial charge on any atom is -0.395 e. The van der Waals surface area contributed by atoms with Crippen molar-refractivity contribution in [2.75, 3.05) is 13.2 Å². The van der Waals surface area contributed by atoms with Crippen molar-refractivity contribution in [3.05, 3.63) is 66.5 Å². The van der Waals surface area contributed by atoms with E-state index in [2.05, 4.69) is 20.8 Å². The summed E-state index contributed by atoms with van der Waals surface area (Å²) < 4.78 is 26.6. The fourth-order valence-corrected chi connectivity index (χ4v) is 3.90. The van der Waals surface area contributed by atoms with Crippen molar-refractivity contribution in [3.63, 3.8) is 0 Å². The number of rotatable bonds is 6. The topological polar surface area (TPSA) is 95.1 Å². The Morgan fingerprint density at radius 2 is 1.92 bits per heavy atom. The molecule has 132 valence electrons. The van der Waals surface area contributed by atoms with Gasteiger partial charge in [0.1, 0.15) is 5.65 Å². The van der Waals surface area contributed by atoms with Crippen molar-refractivity contribution >= 4 is 26.6 Å². The molecule has 7 heteroatoms. The first-order valence-corrected chi connectivity index (χ1v) is 9.64. The normalized spacial score (nSPS) is 13.7. The molecule has 1 aromatic carbocycles.